The Kier molecular flexibility index (Phi) is 7.48. The summed E-state index contributed by atoms with van der Waals surface area (Å²) in [6, 6.07) is 7.73. The number of ketones is 1. The van der Waals surface area contributed by atoms with E-state index in [9.17, 15) is 23.5 Å². The molecule has 0 unspecified atom stereocenters. The van der Waals surface area contributed by atoms with Gasteiger partial charge in [0.2, 0.25) is 0 Å². The maximum atomic E-state index is 14.5. The number of carbonyl (C=O) groups excluding carboxylic acids is 1. The molecule has 2 N–H and O–H groups in total. The largest absolute Gasteiger partial charge is 0.481 e. The number of halogens is 2. The molecule has 4 rings (SSSR count). The number of rotatable bonds is 9. The molecule has 0 bridgehead atoms. The highest BCUT2D eigenvalue weighted by atomic mass is 19.1. The number of Topliss-reactive ketones (excluding diaryl/α,β-unsaturated/α-hetero) is 1. The Morgan fingerprint density at radius 1 is 1.14 bits per heavy atom. The number of hydrogen-bond acceptors (Lipinski definition) is 6. The molecule has 0 spiro atoms. The van der Waals surface area contributed by atoms with Crippen molar-refractivity contribution in [3.05, 3.63) is 59.4 Å². The molecule has 8 nitrogen and oxygen atoms in total. The van der Waals surface area contributed by atoms with E-state index in [0.29, 0.717) is 12.1 Å². The number of benzene rings is 1. The molecule has 0 amide bonds. The van der Waals surface area contributed by atoms with E-state index in [1.165, 1.54) is 23.7 Å². The fourth-order valence-electron chi connectivity index (χ4n) is 4.61. The first-order valence-corrected chi connectivity index (χ1v) is 11.6. The third-order valence-corrected chi connectivity index (χ3v) is 6.43. The first-order chi connectivity index (χ1) is 16.8. The number of nitrogens with one attached hydrogen (secondary N) is 1. The maximum absolute atomic E-state index is 14.5. The lowest BCUT2D eigenvalue weighted by atomic mass is 9.77. The van der Waals surface area contributed by atoms with Crippen LogP contribution in [0.5, 0.6) is 0 Å². The Labute approximate surface area is 201 Å². The predicted molar refractivity (Wildman–Crippen MR) is 125 cm³/mol. The summed E-state index contributed by atoms with van der Waals surface area (Å²) in [5.74, 6) is -1.90. The van der Waals surface area contributed by atoms with Crippen molar-refractivity contribution in [3.8, 4) is 11.5 Å². The fourth-order valence-corrected chi connectivity index (χ4v) is 4.61. The second-order valence-electron chi connectivity index (χ2n) is 8.89. The average molecular weight is 484 g/mol. The standard InChI is InChI=1S/C25H27F2N5O3/c1-15(33)22-11-21(31-32(22)14-18-8-4-5-9-19(18)26)25-29-13-20(27)24(30-25)28-12-17-7-3-2-6-16(17)10-23(34)35/h4-5,8-9,11,13,16-17H,2-3,6-7,10,12,14H2,1H3,(H,34,35)(H,28,29,30)/t16-,17-/m0/s1. The van der Waals surface area contributed by atoms with E-state index >= 15 is 0 Å². The maximum Gasteiger partial charge on any atom is 0.303 e. The Morgan fingerprint density at radius 2 is 1.89 bits per heavy atom. The first-order valence-electron chi connectivity index (χ1n) is 11.6. The van der Waals surface area contributed by atoms with Crippen molar-refractivity contribution < 1.29 is 23.5 Å². The Hall–Kier alpha value is -3.69. The van der Waals surface area contributed by atoms with Gasteiger partial charge in [0.05, 0.1) is 12.7 Å². The zero-order valence-corrected chi connectivity index (χ0v) is 19.4. The number of carboxylic acid groups (broad SMARTS) is 1. The van der Waals surface area contributed by atoms with Gasteiger partial charge < -0.3 is 10.4 Å². The van der Waals surface area contributed by atoms with Crippen LogP contribution < -0.4 is 5.32 Å². The number of carboxylic acids is 1. The van der Waals surface area contributed by atoms with Crippen LogP contribution in [0.4, 0.5) is 14.6 Å². The van der Waals surface area contributed by atoms with Crippen LogP contribution in [-0.4, -0.2) is 43.2 Å². The molecule has 1 aliphatic carbocycles. The van der Waals surface area contributed by atoms with Crippen molar-refractivity contribution in [2.75, 3.05) is 11.9 Å². The SMILES string of the molecule is CC(=O)c1cc(-c2ncc(F)c(NC[C@@H]3CCCC[C@H]3CC(=O)O)n2)nn1Cc1ccccc1F. The molecule has 184 valence electrons. The molecule has 3 aromatic rings. The molecule has 1 aromatic carbocycles. The minimum atomic E-state index is -0.829. The second kappa shape index (κ2) is 10.7. The molecular weight excluding hydrogens is 456 g/mol. The summed E-state index contributed by atoms with van der Waals surface area (Å²) in [6.07, 6.45) is 4.83. The Balaban J connectivity index is 1.55. The van der Waals surface area contributed by atoms with Crippen molar-refractivity contribution in [1.82, 2.24) is 19.7 Å². The minimum Gasteiger partial charge on any atom is -0.481 e. The van der Waals surface area contributed by atoms with Gasteiger partial charge in [-0.2, -0.15) is 5.10 Å². The van der Waals surface area contributed by atoms with Gasteiger partial charge in [-0.1, -0.05) is 31.0 Å². The van der Waals surface area contributed by atoms with Gasteiger partial charge in [-0.05, 0) is 36.8 Å². The predicted octanol–water partition coefficient (Wildman–Crippen LogP) is 4.56. The highest BCUT2D eigenvalue weighted by molar-refractivity contribution is 5.93. The molecule has 2 atom stereocenters. The lowest BCUT2D eigenvalue weighted by Gasteiger charge is -2.30. The molecule has 2 heterocycles. The summed E-state index contributed by atoms with van der Waals surface area (Å²) >= 11 is 0. The molecule has 10 heteroatoms. The summed E-state index contributed by atoms with van der Waals surface area (Å²) < 4.78 is 30.0. The smallest absolute Gasteiger partial charge is 0.303 e. The van der Waals surface area contributed by atoms with Crippen LogP contribution >= 0.6 is 0 Å². The summed E-state index contributed by atoms with van der Waals surface area (Å²) in [4.78, 5) is 31.7. The molecule has 35 heavy (non-hydrogen) atoms. The van der Waals surface area contributed by atoms with Gasteiger partial charge >= 0.3 is 5.97 Å². The zero-order chi connectivity index (χ0) is 24.9. The monoisotopic (exact) mass is 483 g/mol. The lowest BCUT2D eigenvalue weighted by Crippen LogP contribution is -2.28. The summed E-state index contributed by atoms with van der Waals surface area (Å²) in [7, 11) is 0. The molecule has 1 saturated carbocycles. The van der Waals surface area contributed by atoms with Crippen molar-refractivity contribution in [2.24, 2.45) is 11.8 Å². The molecule has 0 aliphatic heterocycles. The van der Waals surface area contributed by atoms with E-state index in [1.54, 1.807) is 18.2 Å². The number of carbonyl (C=O) groups is 2. The fraction of sp³-hybridized carbons (Fsp3) is 0.400. The third kappa shape index (κ3) is 5.87. The number of anilines is 1. The zero-order valence-electron chi connectivity index (χ0n) is 19.4. The van der Waals surface area contributed by atoms with Gasteiger partial charge in [0.1, 0.15) is 17.2 Å². The van der Waals surface area contributed by atoms with Gasteiger partial charge in [-0.25, -0.2) is 18.7 Å². The molecule has 2 aromatic heterocycles. The average Bonchev–Trinajstić information content (AvgIpc) is 3.25. The van der Waals surface area contributed by atoms with E-state index in [1.807, 2.05) is 0 Å². The van der Waals surface area contributed by atoms with Crippen LogP contribution in [0.1, 0.15) is 55.1 Å². The first kappa shape index (κ1) is 24.4. The minimum absolute atomic E-state index is 0.0114. The number of hydrogen-bond donors (Lipinski definition) is 2. The van der Waals surface area contributed by atoms with Crippen LogP contribution in [0.2, 0.25) is 0 Å². The molecule has 1 fully saturated rings. The topological polar surface area (TPSA) is 110 Å². The van der Waals surface area contributed by atoms with E-state index in [2.05, 4.69) is 20.4 Å². The van der Waals surface area contributed by atoms with Crippen molar-refractivity contribution in [2.45, 2.75) is 45.6 Å². The quantitative estimate of drug-likeness (QED) is 0.429. The van der Waals surface area contributed by atoms with Crippen LogP contribution in [0.25, 0.3) is 11.5 Å². The molecule has 0 radical (unpaired) electrons. The number of aromatic nitrogens is 4. The van der Waals surface area contributed by atoms with E-state index in [-0.39, 0.29) is 53.6 Å². The second-order valence-corrected chi connectivity index (χ2v) is 8.89. The third-order valence-electron chi connectivity index (χ3n) is 6.43. The van der Waals surface area contributed by atoms with Crippen LogP contribution in [0, 0.1) is 23.5 Å². The Bertz CT molecular complexity index is 1230. The Morgan fingerprint density at radius 3 is 2.60 bits per heavy atom. The van der Waals surface area contributed by atoms with E-state index in [4.69, 9.17) is 0 Å². The summed E-state index contributed by atoms with van der Waals surface area (Å²) in [5.41, 5.74) is 0.885. The number of aliphatic carboxylic acids is 1. The normalized spacial score (nSPS) is 17.8. The molecule has 0 saturated heterocycles. The van der Waals surface area contributed by atoms with E-state index < -0.39 is 17.6 Å². The van der Waals surface area contributed by atoms with Gasteiger partial charge in [0.25, 0.3) is 0 Å². The van der Waals surface area contributed by atoms with E-state index in [0.717, 1.165) is 31.9 Å². The van der Waals surface area contributed by atoms with Crippen molar-refractivity contribution in [3.63, 3.8) is 0 Å². The van der Waals surface area contributed by atoms with Crippen molar-refractivity contribution in [1.29, 1.82) is 0 Å². The van der Waals surface area contributed by atoms with Gasteiger partial charge in [-0.15, -0.1) is 0 Å². The number of nitrogens with zero attached hydrogens (tertiary/aromatic N) is 4. The van der Waals surface area contributed by atoms with Crippen LogP contribution in [0.15, 0.2) is 36.5 Å². The van der Waals surface area contributed by atoms with Gasteiger partial charge in [0, 0.05) is 25.5 Å². The molecule has 1 aliphatic rings. The van der Waals surface area contributed by atoms with Gasteiger partial charge in [0.15, 0.2) is 23.2 Å². The molecular formula is C25H27F2N5O3. The van der Waals surface area contributed by atoms with Gasteiger partial charge in [-0.3, -0.25) is 14.3 Å². The van der Waals surface area contributed by atoms with Crippen LogP contribution in [-0.2, 0) is 11.3 Å². The van der Waals surface area contributed by atoms with Crippen LogP contribution in [0.3, 0.4) is 0 Å². The lowest BCUT2D eigenvalue weighted by molar-refractivity contribution is -0.138. The van der Waals surface area contributed by atoms with Crippen molar-refractivity contribution >= 4 is 17.6 Å². The highest BCUT2D eigenvalue weighted by Gasteiger charge is 2.27. The summed E-state index contributed by atoms with van der Waals surface area (Å²) in [6.45, 7) is 1.82. The highest BCUT2D eigenvalue weighted by Crippen LogP contribution is 2.33. The summed E-state index contributed by atoms with van der Waals surface area (Å²) in [5, 5.41) is 16.6.